The summed E-state index contributed by atoms with van der Waals surface area (Å²) < 4.78 is 0. The lowest BCUT2D eigenvalue weighted by atomic mass is 10.3. The van der Waals surface area contributed by atoms with Crippen molar-refractivity contribution in [1.82, 2.24) is 4.90 Å². The SMILES string of the molecule is C=CCN(CC=C)CCC(C)=O. The van der Waals surface area contributed by atoms with Crippen molar-refractivity contribution < 1.29 is 4.79 Å². The summed E-state index contributed by atoms with van der Waals surface area (Å²) in [5, 5.41) is 0. The minimum atomic E-state index is 0.230. The van der Waals surface area contributed by atoms with Crippen LogP contribution in [0.2, 0.25) is 0 Å². The van der Waals surface area contributed by atoms with Crippen LogP contribution in [0.4, 0.5) is 0 Å². The minimum absolute atomic E-state index is 0.230. The first kappa shape index (κ1) is 11.1. The lowest BCUT2D eigenvalue weighted by Crippen LogP contribution is -2.26. The second-order valence-corrected chi connectivity index (χ2v) is 2.79. The molecule has 0 saturated carbocycles. The fourth-order valence-electron chi connectivity index (χ4n) is 0.938. The molecule has 0 aliphatic carbocycles. The summed E-state index contributed by atoms with van der Waals surface area (Å²) in [4.78, 5) is 12.8. The number of hydrogen-bond acceptors (Lipinski definition) is 2. The predicted molar refractivity (Wildman–Crippen MR) is 52.1 cm³/mol. The van der Waals surface area contributed by atoms with Gasteiger partial charge in [0, 0.05) is 26.1 Å². The van der Waals surface area contributed by atoms with Gasteiger partial charge in [-0.1, -0.05) is 12.2 Å². The second kappa shape index (κ2) is 6.80. The van der Waals surface area contributed by atoms with E-state index in [0.717, 1.165) is 19.6 Å². The Balaban J connectivity index is 3.68. The van der Waals surface area contributed by atoms with Crippen molar-refractivity contribution in [3.8, 4) is 0 Å². The fraction of sp³-hybridized carbons (Fsp3) is 0.500. The molecule has 0 aliphatic heterocycles. The molecular weight excluding hydrogens is 150 g/mol. The van der Waals surface area contributed by atoms with Gasteiger partial charge in [0.2, 0.25) is 0 Å². The van der Waals surface area contributed by atoms with Crippen LogP contribution >= 0.6 is 0 Å². The van der Waals surface area contributed by atoms with E-state index in [2.05, 4.69) is 18.1 Å². The zero-order valence-corrected chi connectivity index (χ0v) is 7.75. The highest BCUT2D eigenvalue weighted by Crippen LogP contribution is 1.92. The summed E-state index contributed by atoms with van der Waals surface area (Å²) in [7, 11) is 0. The van der Waals surface area contributed by atoms with Crippen molar-refractivity contribution >= 4 is 5.78 Å². The zero-order chi connectivity index (χ0) is 9.40. The van der Waals surface area contributed by atoms with Crippen molar-refractivity contribution in [3.05, 3.63) is 25.3 Å². The van der Waals surface area contributed by atoms with E-state index in [9.17, 15) is 4.79 Å². The molecule has 0 aliphatic rings. The third-order valence-corrected chi connectivity index (χ3v) is 1.55. The van der Waals surface area contributed by atoms with E-state index in [1.807, 2.05) is 12.2 Å². The van der Waals surface area contributed by atoms with E-state index in [1.54, 1.807) is 6.92 Å². The monoisotopic (exact) mass is 167 g/mol. The molecule has 0 aromatic heterocycles. The molecule has 0 aromatic rings. The largest absolute Gasteiger partial charge is 0.300 e. The number of ketones is 1. The van der Waals surface area contributed by atoms with Crippen LogP contribution in [0.25, 0.3) is 0 Å². The molecule has 0 atom stereocenters. The Morgan fingerprint density at radius 2 is 1.83 bits per heavy atom. The van der Waals surface area contributed by atoms with Gasteiger partial charge in [0.1, 0.15) is 5.78 Å². The topological polar surface area (TPSA) is 20.3 Å². The quantitative estimate of drug-likeness (QED) is 0.537. The Bertz CT molecular complexity index is 153. The van der Waals surface area contributed by atoms with Gasteiger partial charge in [0.05, 0.1) is 0 Å². The maximum atomic E-state index is 10.7. The van der Waals surface area contributed by atoms with E-state index < -0.39 is 0 Å². The maximum Gasteiger partial charge on any atom is 0.131 e. The summed E-state index contributed by atoms with van der Waals surface area (Å²) in [6, 6.07) is 0. The molecule has 0 N–H and O–H groups in total. The first-order valence-corrected chi connectivity index (χ1v) is 4.14. The third-order valence-electron chi connectivity index (χ3n) is 1.55. The normalized spacial score (nSPS) is 9.83. The Labute approximate surface area is 74.6 Å². The van der Waals surface area contributed by atoms with Gasteiger partial charge in [-0.25, -0.2) is 0 Å². The smallest absolute Gasteiger partial charge is 0.131 e. The Morgan fingerprint density at radius 1 is 1.33 bits per heavy atom. The first-order chi connectivity index (χ1) is 5.70. The fourth-order valence-corrected chi connectivity index (χ4v) is 0.938. The van der Waals surface area contributed by atoms with Crippen molar-refractivity contribution in [2.24, 2.45) is 0 Å². The number of carbonyl (C=O) groups is 1. The van der Waals surface area contributed by atoms with E-state index in [4.69, 9.17) is 0 Å². The molecule has 12 heavy (non-hydrogen) atoms. The highest BCUT2D eigenvalue weighted by Gasteiger charge is 2.01. The van der Waals surface area contributed by atoms with Crippen LogP contribution in [0.15, 0.2) is 25.3 Å². The highest BCUT2D eigenvalue weighted by atomic mass is 16.1. The average Bonchev–Trinajstić information content (AvgIpc) is 2.01. The molecule has 0 amide bonds. The van der Waals surface area contributed by atoms with E-state index in [-0.39, 0.29) is 5.78 Å². The Kier molecular flexibility index (Phi) is 6.29. The van der Waals surface area contributed by atoms with Gasteiger partial charge >= 0.3 is 0 Å². The molecule has 0 fully saturated rings. The number of Topliss-reactive ketones (excluding diaryl/α,β-unsaturated/α-hetero) is 1. The molecule has 0 spiro atoms. The lowest BCUT2D eigenvalue weighted by molar-refractivity contribution is -0.117. The van der Waals surface area contributed by atoms with Crippen LogP contribution < -0.4 is 0 Å². The molecule has 0 aromatic carbocycles. The van der Waals surface area contributed by atoms with E-state index in [0.29, 0.717) is 6.42 Å². The number of rotatable bonds is 7. The summed E-state index contributed by atoms with van der Waals surface area (Å²) in [5.74, 6) is 0.230. The first-order valence-electron chi connectivity index (χ1n) is 4.14. The summed E-state index contributed by atoms with van der Waals surface area (Å²) in [6.45, 7) is 11.3. The molecule has 68 valence electrons. The second-order valence-electron chi connectivity index (χ2n) is 2.79. The minimum Gasteiger partial charge on any atom is -0.300 e. The van der Waals surface area contributed by atoms with Gasteiger partial charge in [0.25, 0.3) is 0 Å². The van der Waals surface area contributed by atoms with E-state index in [1.165, 1.54) is 0 Å². The molecule has 0 bridgehead atoms. The van der Waals surface area contributed by atoms with Crippen LogP contribution in [0.3, 0.4) is 0 Å². The van der Waals surface area contributed by atoms with Crippen LogP contribution in [0.5, 0.6) is 0 Å². The Hall–Kier alpha value is -0.890. The van der Waals surface area contributed by atoms with Crippen LogP contribution in [-0.4, -0.2) is 30.3 Å². The van der Waals surface area contributed by atoms with Gasteiger partial charge in [-0.15, -0.1) is 13.2 Å². The predicted octanol–water partition coefficient (Wildman–Crippen LogP) is 1.64. The molecule has 0 rings (SSSR count). The lowest BCUT2D eigenvalue weighted by Gasteiger charge is -2.17. The molecule has 2 nitrogen and oxygen atoms in total. The molecule has 0 radical (unpaired) electrons. The number of nitrogens with zero attached hydrogens (tertiary/aromatic N) is 1. The van der Waals surface area contributed by atoms with Crippen LogP contribution in [0, 0.1) is 0 Å². The molecule has 0 heterocycles. The molecule has 0 saturated heterocycles. The molecule has 0 unspecified atom stereocenters. The van der Waals surface area contributed by atoms with Crippen molar-refractivity contribution in [1.29, 1.82) is 0 Å². The van der Waals surface area contributed by atoms with Gasteiger partial charge in [-0.05, 0) is 6.92 Å². The van der Waals surface area contributed by atoms with Crippen molar-refractivity contribution in [2.75, 3.05) is 19.6 Å². The molecule has 2 heteroatoms. The van der Waals surface area contributed by atoms with Gasteiger partial charge in [-0.3, -0.25) is 9.69 Å². The van der Waals surface area contributed by atoms with Gasteiger partial charge in [0.15, 0.2) is 0 Å². The third kappa shape index (κ3) is 5.86. The van der Waals surface area contributed by atoms with Gasteiger partial charge in [-0.2, -0.15) is 0 Å². The summed E-state index contributed by atoms with van der Waals surface area (Å²) in [5.41, 5.74) is 0. The van der Waals surface area contributed by atoms with Crippen molar-refractivity contribution in [2.45, 2.75) is 13.3 Å². The Morgan fingerprint density at radius 3 is 2.17 bits per heavy atom. The standard InChI is InChI=1S/C10H17NO/c1-4-7-11(8-5-2)9-6-10(3)12/h4-5H,1-2,6-9H2,3H3. The average molecular weight is 167 g/mol. The van der Waals surface area contributed by atoms with Crippen LogP contribution in [-0.2, 0) is 4.79 Å². The molecular formula is C10H17NO. The van der Waals surface area contributed by atoms with Gasteiger partial charge < -0.3 is 0 Å². The number of carbonyl (C=O) groups excluding carboxylic acids is 1. The van der Waals surface area contributed by atoms with Crippen molar-refractivity contribution in [3.63, 3.8) is 0 Å². The summed E-state index contributed by atoms with van der Waals surface area (Å²) in [6.07, 6.45) is 4.29. The number of hydrogen-bond donors (Lipinski definition) is 0. The zero-order valence-electron chi connectivity index (χ0n) is 7.75. The van der Waals surface area contributed by atoms with E-state index >= 15 is 0 Å². The maximum absolute atomic E-state index is 10.7. The highest BCUT2D eigenvalue weighted by molar-refractivity contribution is 5.75. The summed E-state index contributed by atoms with van der Waals surface area (Å²) >= 11 is 0. The van der Waals surface area contributed by atoms with Crippen LogP contribution in [0.1, 0.15) is 13.3 Å².